The Morgan fingerprint density at radius 1 is 0.980 bits per heavy atom. The number of rotatable bonds is 11. The van der Waals surface area contributed by atoms with Crippen LogP contribution in [-0.4, -0.2) is 43.9 Å². The van der Waals surface area contributed by atoms with Crippen LogP contribution in [0.1, 0.15) is 53.9 Å². The zero-order valence-electron chi connectivity index (χ0n) is 27.1. The number of ether oxygens (including phenoxy) is 5. The number of hydrogen-bond acceptors (Lipinski definition) is 10. The summed E-state index contributed by atoms with van der Waals surface area (Å²) in [4.78, 5) is 45.0. The van der Waals surface area contributed by atoms with Gasteiger partial charge in [-0.25, -0.2) is 14.6 Å². The molecule has 0 radical (unpaired) electrons. The van der Waals surface area contributed by atoms with E-state index >= 15 is 0 Å². The molecule has 5 rings (SSSR count). The van der Waals surface area contributed by atoms with Crippen LogP contribution in [0.5, 0.6) is 17.2 Å². The van der Waals surface area contributed by atoms with E-state index in [1.807, 2.05) is 24.3 Å². The lowest BCUT2D eigenvalue weighted by molar-refractivity contribution is -0.139. The second-order valence-electron chi connectivity index (χ2n) is 10.5. The normalized spacial score (nSPS) is 14.2. The third-order valence-corrected chi connectivity index (χ3v) is 10.6. The predicted octanol–water partition coefficient (Wildman–Crippen LogP) is 6.54. The Hall–Kier alpha value is -3.22. The second-order valence-corrected chi connectivity index (χ2v) is 14.8. The van der Waals surface area contributed by atoms with E-state index in [1.165, 1.54) is 30.1 Å². The number of methoxy groups -OCH3 is 2. The van der Waals surface area contributed by atoms with Crippen LogP contribution in [0.3, 0.4) is 0 Å². The molecule has 1 atom stereocenters. The summed E-state index contributed by atoms with van der Waals surface area (Å²) in [5, 5.41) is 0. The lowest BCUT2D eigenvalue weighted by Gasteiger charge is -2.26. The first kappa shape index (κ1) is 37.0. The van der Waals surface area contributed by atoms with Crippen molar-refractivity contribution in [3.05, 3.63) is 113 Å². The lowest BCUT2D eigenvalue weighted by Crippen LogP contribution is -2.40. The highest BCUT2D eigenvalue weighted by Gasteiger charge is 2.35. The minimum Gasteiger partial charge on any atom is -0.493 e. The Morgan fingerprint density at radius 2 is 1.63 bits per heavy atom. The minimum absolute atomic E-state index is 0.156. The number of carbonyl (C=O) groups is 2. The first-order valence-corrected chi connectivity index (χ1v) is 18.8. The van der Waals surface area contributed by atoms with E-state index in [1.54, 1.807) is 51.1 Å². The summed E-state index contributed by atoms with van der Waals surface area (Å²) < 4.78 is 32.3. The van der Waals surface area contributed by atoms with Gasteiger partial charge in [-0.15, -0.1) is 0 Å². The highest BCUT2D eigenvalue weighted by atomic mass is 127. The standard InChI is InChI=1S/C35H31BrI2N2O8S/c1-6-46-33(42)20-10-8-19(9-11-20)17-48-31-21(12-22(37)14-25(31)38)13-28-32(41)40-30(23-15-26(44-4)27(45-5)16-24(23)36)29(34(43)47-7-2)18(3)39-35(40)49-28/h8-16,30H,6-7,17H2,1-5H3/b28-13-/t30-/m0/s1. The van der Waals surface area contributed by atoms with Gasteiger partial charge in [-0.2, -0.15) is 0 Å². The number of nitrogens with zero attached hydrogens (tertiary/aromatic N) is 2. The van der Waals surface area contributed by atoms with Gasteiger partial charge in [0.05, 0.1) is 58.4 Å². The Balaban J connectivity index is 1.62. The predicted molar refractivity (Wildman–Crippen MR) is 206 cm³/mol. The Morgan fingerprint density at radius 3 is 2.29 bits per heavy atom. The molecule has 0 saturated carbocycles. The third kappa shape index (κ3) is 7.91. The van der Waals surface area contributed by atoms with Crippen molar-refractivity contribution in [1.82, 2.24) is 4.57 Å². The van der Waals surface area contributed by atoms with Gasteiger partial charge in [0.25, 0.3) is 5.56 Å². The molecular formula is C35H31BrI2N2O8S. The molecule has 14 heteroatoms. The molecule has 0 saturated heterocycles. The molecule has 3 aromatic carbocycles. The molecular weight excluding hydrogens is 942 g/mol. The molecule has 10 nitrogen and oxygen atoms in total. The average molecular weight is 973 g/mol. The fourth-order valence-electron chi connectivity index (χ4n) is 5.25. The van der Waals surface area contributed by atoms with Gasteiger partial charge < -0.3 is 23.7 Å². The van der Waals surface area contributed by atoms with Gasteiger partial charge in [0, 0.05) is 13.6 Å². The number of fused-ring (bicyclic) bond motifs is 1. The van der Waals surface area contributed by atoms with E-state index in [-0.39, 0.29) is 30.3 Å². The van der Waals surface area contributed by atoms with Crippen molar-refractivity contribution in [3.8, 4) is 17.2 Å². The number of carbonyl (C=O) groups excluding carboxylic acids is 2. The number of esters is 2. The molecule has 1 aliphatic heterocycles. The van der Waals surface area contributed by atoms with Crippen molar-refractivity contribution >= 4 is 90.5 Å². The summed E-state index contributed by atoms with van der Waals surface area (Å²) in [6, 6.07) is 13.6. The molecule has 0 N–H and O–H groups in total. The molecule has 256 valence electrons. The minimum atomic E-state index is -0.865. The molecule has 1 aliphatic rings. The van der Waals surface area contributed by atoms with Crippen LogP contribution in [0.2, 0.25) is 0 Å². The SMILES string of the molecule is CCOC(=O)C1=C(C)N=c2s/c(=C\c3cc(I)cc(I)c3OCc3ccc(C(=O)OCC)cc3)c(=O)n2[C@H]1c1cc(OC)c(OC)cc1Br. The molecule has 0 unspecified atom stereocenters. The van der Waals surface area contributed by atoms with Crippen molar-refractivity contribution in [3.63, 3.8) is 0 Å². The summed E-state index contributed by atoms with van der Waals surface area (Å²) in [5.41, 5.74) is 2.98. The first-order valence-electron chi connectivity index (χ1n) is 15.0. The Labute approximate surface area is 322 Å². The van der Waals surface area contributed by atoms with Gasteiger partial charge in [0.15, 0.2) is 16.3 Å². The van der Waals surface area contributed by atoms with Crippen LogP contribution in [0.4, 0.5) is 0 Å². The molecule has 49 heavy (non-hydrogen) atoms. The largest absolute Gasteiger partial charge is 0.493 e. The topological polar surface area (TPSA) is 115 Å². The summed E-state index contributed by atoms with van der Waals surface area (Å²) in [7, 11) is 3.06. The van der Waals surface area contributed by atoms with Crippen LogP contribution in [0.15, 0.2) is 74.1 Å². The maximum Gasteiger partial charge on any atom is 0.338 e. The van der Waals surface area contributed by atoms with E-state index in [2.05, 4.69) is 61.1 Å². The van der Waals surface area contributed by atoms with Crippen molar-refractivity contribution in [2.24, 2.45) is 4.99 Å². The molecule has 4 aromatic rings. The van der Waals surface area contributed by atoms with Crippen molar-refractivity contribution in [2.75, 3.05) is 27.4 Å². The van der Waals surface area contributed by atoms with Crippen molar-refractivity contribution < 1.29 is 33.3 Å². The lowest BCUT2D eigenvalue weighted by atomic mass is 9.95. The fraction of sp³-hybridized carbons (Fsp3) is 0.257. The summed E-state index contributed by atoms with van der Waals surface area (Å²) in [5.74, 6) is 0.578. The quantitative estimate of drug-likeness (QED) is 0.123. The highest BCUT2D eigenvalue weighted by Crippen LogP contribution is 2.41. The third-order valence-electron chi connectivity index (χ3n) is 7.49. The first-order chi connectivity index (χ1) is 23.5. The fourth-order valence-corrected chi connectivity index (χ4v) is 8.88. The smallest absolute Gasteiger partial charge is 0.338 e. The van der Waals surface area contributed by atoms with E-state index in [4.69, 9.17) is 28.7 Å². The van der Waals surface area contributed by atoms with Gasteiger partial charge in [0.2, 0.25) is 0 Å². The monoisotopic (exact) mass is 972 g/mol. The Bertz CT molecular complexity index is 2140. The van der Waals surface area contributed by atoms with Crippen LogP contribution < -0.4 is 29.1 Å². The number of aromatic nitrogens is 1. The summed E-state index contributed by atoms with van der Waals surface area (Å²) >= 11 is 9.31. The van der Waals surface area contributed by atoms with Crippen molar-refractivity contribution in [1.29, 1.82) is 0 Å². The molecule has 2 heterocycles. The number of halogens is 3. The van der Waals surface area contributed by atoms with Crippen LogP contribution >= 0.6 is 72.4 Å². The van der Waals surface area contributed by atoms with E-state index < -0.39 is 12.0 Å². The van der Waals surface area contributed by atoms with Crippen molar-refractivity contribution in [2.45, 2.75) is 33.4 Å². The number of allylic oxidation sites excluding steroid dienone is 1. The Kier molecular flexibility index (Phi) is 12.3. The highest BCUT2D eigenvalue weighted by molar-refractivity contribution is 14.1. The summed E-state index contributed by atoms with van der Waals surface area (Å²) in [6.07, 6.45) is 1.79. The molecule has 0 bridgehead atoms. The van der Waals surface area contributed by atoms with Gasteiger partial charge in [-0.05, 0) is 120 Å². The van der Waals surface area contributed by atoms with Gasteiger partial charge in [0.1, 0.15) is 12.4 Å². The number of hydrogen-bond donors (Lipinski definition) is 0. The van der Waals surface area contributed by atoms with Crippen LogP contribution in [-0.2, 0) is 20.9 Å². The van der Waals surface area contributed by atoms with Gasteiger partial charge in [-0.1, -0.05) is 39.4 Å². The van der Waals surface area contributed by atoms with Crippen LogP contribution in [0, 0.1) is 7.14 Å². The molecule has 0 amide bonds. The molecule has 0 aliphatic carbocycles. The molecule has 1 aromatic heterocycles. The van der Waals surface area contributed by atoms with E-state index in [0.717, 1.165) is 12.7 Å². The van der Waals surface area contributed by atoms with Gasteiger partial charge >= 0.3 is 11.9 Å². The zero-order chi connectivity index (χ0) is 35.4. The van der Waals surface area contributed by atoms with E-state index in [0.29, 0.717) is 60.0 Å². The molecule has 0 spiro atoms. The average Bonchev–Trinajstić information content (AvgIpc) is 3.37. The zero-order valence-corrected chi connectivity index (χ0v) is 33.8. The maximum absolute atomic E-state index is 14.4. The second kappa shape index (κ2) is 16.2. The van der Waals surface area contributed by atoms with Gasteiger partial charge in [-0.3, -0.25) is 9.36 Å². The number of benzene rings is 3. The van der Waals surface area contributed by atoms with Crippen LogP contribution in [0.25, 0.3) is 6.08 Å². The van der Waals surface area contributed by atoms with E-state index in [9.17, 15) is 14.4 Å². The summed E-state index contributed by atoms with van der Waals surface area (Å²) in [6.45, 7) is 5.92. The maximum atomic E-state index is 14.4. The number of thiazole rings is 1. The molecule has 0 fully saturated rings.